The Kier molecular flexibility index (Phi) is 5.42. The number of alkyl halides is 3. The second-order valence-electron chi connectivity index (χ2n) is 4.61. The van der Waals surface area contributed by atoms with Crippen molar-refractivity contribution >= 4 is 17.6 Å². The second-order valence-corrected chi connectivity index (χ2v) is 4.61. The molecule has 10 heteroatoms. The van der Waals surface area contributed by atoms with Crippen LogP contribution in [0.15, 0.2) is 48.7 Å². The topological polar surface area (TPSA) is 91.6 Å². The monoisotopic (exact) mass is 356 g/mol. The molecule has 132 valence electrons. The van der Waals surface area contributed by atoms with E-state index < -0.39 is 30.6 Å². The molecule has 1 N–H and O–H groups in total. The summed E-state index contributed by atoms with van der Waals surface area (Å²) in [5, 5.41) is 13.7. The van der Waals surface area contributed by atoms with E-state index in [1.54, 1.807) is 0 Å². The maximum Gasteiger partial charge on any atom is 0.573 e. The number of esters is 1. The van der Waals surface area contributed by atoms with Crippen LogP contribution in [-0.2, 0) is 9.53 Å². The lowest BCUT2D eigenvalue weighted by molar-refractivity contribution is -0.608. The quantitative estimate of drug-likeness (QED) is 0.503. The standard InChI is InChI=1S/C15H11F3N2O5/c16-15(17,18)25-11-6-4-10(5-7-11)19-13(21)9-24-14(22)12-3-1-2-8-20(12)23/h1-8H,9H2,(H,19,21). The Morgan fingerprint density at radius 1 is 1.12 bits per heavy atom. The van der Waals surface area contributed by atoms with Gasteiger partial charge in [0.25, 0.3) is 5.91 Å². The first-order valence-corrected chi connectivity index (χ1v) is 6.75. The van der Waals surface area contributed by atoms with Crippen molar-refractivity contribution in [2.75, 3.05) is 11.9 Å². The third-order valence-corrected chi connectivity index (χ3v) is 2.74. The largest absolute Gasteiger partial charge is 0.618 e. The van der Waals surface area contributed by atoms with Crippen LogP contribution in [0, 0.1) is 5.21 Å². The summed E-state index contributed by atoms with van der Waals surface area (Å²) in [6.45, 7) is -0.672. The highest BCUT2D eigenvalue weighted by Crippen LogP contribution is 2.23. The molecule has 1 aromatic carbocycles. The van der Waals surface area contributed by atoms with Crippen LogP contribution in [0.5, 0.6) is 5.75 Å². The molecule has 7 nitrogen and oxygen atoms in total. The number of amides is 1. The molecule has 25 heavy (non-hydrogen) atoms. The van der Waals surface area contributed by atoms with Crippen LogP contribution in [-0.4, -0.2) is 24.8 Å². The number of hydrogen-bond acceptors (Lipinski definition) is 5. The van der Waals surface area contributed by atoms with Crippen molar-refractivity contribution in [1.29, 1.82) is 0 Å². The zero-order valence-corrected chi connectivity index (χ0v) is 12.4. The zero-order valence-electron chi connectivity index (χ0n) is 12.4. The molecule has 1 amide bonds. The molecule has 0 saturated carbocycles. The normalized spacial score (nSPS) is 10.8. The fraction of sp³-hybridized carbons (Fsp3) is 0.133. The highest BCUT2D eigenvalue weighted by atomic mass is 19.4. The SMILES string of the molecule is O=C(COC(=O)c1cccc[n+]1[O-])Nc1ccc(OC(F)(F)F)cc1. The van der Waals surface area contributed by atoms with E-state index in [0.717, 1.165) is 18.3 Å². The van der Waals surface area contributed by atoms with Crippen molar-refractivity contribution < 1.29 is 37.0 Å². The number of benzene rings is 1. The molecule has 1 heterocycles. The van der Waals surface area contributed by atoms with Gasteiger partial charge in [-0.1, -0.05) is 0 Å². The van der Waals surface area contributed by atoms with E-state index in [4.69, 9.17) is 0 Å². The van der Waals surface area contributed by atoms with E-state index >= 15 is 0 Å². The molecule has 0 radical (unpaired) electrons. The van der Waals surface area contributed by atoms with Crippen LogP contribution in [0.1, 0.15) is 10.5 Å². The molecule has 2 aromatic rings. The maximum atomic E-state index is 12.0. The van der Waals surface area contributed by atoms with Gasteiger partial charge in [0.1, 0.15) is 5.75 Å². The van der Waals surface area contributed by atoms with Gasteiger partial charge in [0.2, 0.25) is 0 Å². The van der Waals surface area contributed by atoms with E-state index in [1.165, 1.54) is 30.3 Å². The number of halogens is 3. The number of aromatic nitrogens is 1. The Hall–Kier alpha value is -3.30. The lowest BCUT2D eigenvalue weighted by Gasteiger charge is -2.10. The number of anilines is 1. The fourth-order valence-electron chi connectivity index (χ4n) is 1.73. The predicted octanol–water partition coefficient (Wildman–Crippen LogP) is 2.01. The van der Waals surface area contributed by atoms with Gasteiger partial charge in [0.05, 0.1) is 0 Å². The molecule has 2 rings (SSSR count). The molecule has 0 aliphatic heterocycles. The van der Waals surface area contributed by atoms with E-state index in [-0.39, 0.29) is 11.4 Å². The lowest BCUT2D eigenvalue weighted by Crippen LogP contribution is -2.35. The number of ether oxygens (including phenoxy) is 2. The second kappa shape index (κ2) is 7.51. The van der Waals surface area contributed by atoms with Crippen LogP contribution >= 0.6 is 0 Å². The first-order valence-electron chi connectivity index (χ1n) is 6.75. The average Bonchev–Trinajstić information content (AvgIpc) is 2.53. The Morgan fingerprint density at radius 2 is 1.80 bits per heavy atom. The summed E-state index contributed by atoms with van der Waals surface area (Å²) in [5.74, 6) is -2.16. The molecule has 0 saturated heterocycles. The average molecular weight is 356 g/mol. The highest BCUT2D eigenvalue weighted by molar-refractivity contribution is 5.94. The van der Waals surface area contributed by atoms with E-state index in [9.17, 15) is 28.0 Å². The number of nitrogens with zero attached hydrogens (tertiary/aromatic N) is 1. The number of carbonyl (C=O) groups is 2. The Balaban J connectivity index is 1.86. The molecular weight excluding hydrogens is 345 g/mol. The summed E-state index contributed by atoms with van der Waals surface area (Å²) in [6, 6.07) is 8.50. The van der Waals surface area contributed by atoms with E-state index in [2.05, 4.69) is 14.8 Å². The molecule has 0 aliphatic rings. The van der Waals surface area contributed by atoms with Crippen molar-refractivity contribution in [3.05, 3.63) is 59.6 Å². The van der Waals surface area contributed by atoms with Gasteiger partial charge < -0.3 is 20.0 Å². The molecule has 0 spiro atoms. The number of carbonyl (C=O) groups excluding carboxylic acids is 2. The Morgan fingerprint density at radius 3 is 2.40 bits per heavy atom. The first-order chi connectivity index (χ1) is 11.7. The highest BCUT2D eigenvalue weighted by Gasteiger charge is 2.31. The fourth-order valence-corrected chi connectivity index (χ4v) is 1.73. The number of rotatable bonds is 5. The molecule has 0 aliphatic carbocycles. The van der Waals surface area contributed by atoms with Crippen molar-refractivity contribution in [2.24, 2.45) is 0 Å². The summed E-state index contributed by atoms with van der Waals surface area (Å²) < 4.78 is 44.8. The van der Waals surface area contributed by atoms with Crippen molar-refractivity contribution in [1.82, 2.24) is 0 Å². The predicted molar refractivity (Wildman–Crippen MR) is 77.4 cm³/mol. The number of hydrogen-bond donors (Lipinski definition) is 1. The smallest absolute Gasteiger partial charge is 0.573 e. The van der Waals surface area contributed by atoms with Crippen LogP contribution in [0.4, 0.5) is 18.9 Å². The van der Waals surface area contributed by atoms with Crippen molar-refractivity contribution in [2.45, 2.75) is 6.36 Å². The van der Waals surface area contributed by atoms with Crippen molar-refractivity contribution in [3.63, 3.8) is 0 Å². The molecular formula is C15H11F3N2O5. The zero-order chi connectivity index (χ0) is 18.4. The summed E-state index contributed by atoms with van der Waals surface area (Å²) >= 11 is 0. The van der Waals surface area contributed by atoms with Crippen LogP contribution in [0.2, 0.25) is 0 Å². The maximum absolute atomic E-state index is 12.0. The third-order valence-electron chi connectivity index (χ3n) is 2.74. The van der Waals surface area contributed by atoms with Crippen molar-refractivity contribution in [3.8, 4) is 5.75 Å². The van der Waals surface area contributed by atoms with Gasteiger partial charge >= 0.3 is 18.0 Å². The third kappa shape index (κ3) is 5.68. The lowest BCUT2D eigenvalue weighted by atomic mass is 10.3. The van der Waals surface area contributed by atoms with Gasteiger partial charge in [-0.3, -0.25) is 4.79 Å². The van der Waals surface area contributed by atoms with Gasteiger partial charge in [0.15, 0.2) is 12.8 Å². The molecule has 0 fully saturated rings. The minimum Gasteiger partial charge on any atom is -0.618 e. The number of pyridine rings is 1. The molecule has 0 atom stereocenters. The minimum absolute atomic E-state index is 0.175. The summed E-state index contributed by atoms with van der Waals surface area (Å²) in [4.78, 5) is 23.3. The Bertz CT molecular complexity index is 763. The molecule has 0 bridgehead atoms. The van der Waals surface area contributed by atoms with E-state index in [0.29, 0.717) is 4.73 Å². The van der Waals surface area contributed by atoms with Gasteiger partial charge in [0, 0.05) is 17.8 Å². The number of nitrogens with one attached hydrogen (secondary N) is 1. The Labute approximate surface area is 139 Å². The van der Waals surface area contributed by atoms with E-state index in [1.807, 2.05) is 0 Å². The van der Waals surface area contributed by atoms with Crippen LogP contribution in [0.25, 0.3) is 0 Å². The summed E-state index contributed by atoms with van der Waals surface area (Å²) in [6.07, 6.45) is -3.71. The molecule has 1 aromatic heterocycles. The molecule has 0 unspecified atom stereocenters. The summed E-state index contributed by atoms with van der Waals surface area (Å²) in [5.41, 5.74) is -0.113. The van der Waals surface area contributed by atoms with Gasteiger partial charge in [-0.15, -0.1) is 13.2 Å². The van der Waals surface area contributed by atoms with Crippen LogP contribution < -0.4 is 14.8 Å². The van der Waals surface area contributed by atoms with Gasteiger partial charge in [-0.2, -0.15) is 4.73 Å². The van der Waals surface area contributed by atoms with Gasteiger partial charge in [-0.25, -0.2) is 4.79 Å². The van der Waals surface area contributed by atoms with Crippen LogP contribution in [0.3, 0.4) is 0 Å². The summed E-state index contributed by atoms with van der Waals surface area (Å²) in [7, 11) is 0. The minimum atomic E-state index is -4.81. The van der Waals surface area contributed by atoms with Gasteiger partial charge in [-0.05, 0) is 30.3 Å². The first kappa shape index (κ1) is 18.0.